The Morgan fingerprint density at radius 2 is 2.37 bits per heavy atom. The monoisotopic (exact) mass is 326 g/mol. The van der Waals surface area contributed by atoms with Crippen LogP contribution in [0.3, 0.4) is 0 Å². The van der Waals surface area contributed by atoms with E-state index in [9.17, 15) is 9.90 Å². The van der Waals surface area contributed by atoms with Gasteiger partial charge in [-0.2, -0.15) is 0 Å². The minimum absolute atomic E-state index is 0.0180. The maximum absolute atomic E-state index is 12.5. The van der Waals surface area contributed by atoms with Crippen LogP contribution in [0.2, 0.25) is 0 Å². The van der Waals surface area contributed by atoms with Crippen LogP contribution in [0.15, 0.2) is 22.7 Å². The highest BCUT2D eigenvalue weighted by atomic mass is 79.9. The van der Waals surface area contributed by atoms with Crippen LogP contribution in [-0.4, -0.2) is 24.1 Å². The molecule has 1 atom stereocenters. The van der Waals surface area contributed by atoms with Crippen molar-refractivity contribution in [2.24, 2.45) is 5.41 Å². The van der Waals surface area contributed by atoms with Crippen molar-refractivity contribution >= 4 is 27.5 Å². The summed E-state index contributed by atoms with van der Waals surface area (Å²) >= 11 is 3.25. The molecule has 1 aromatic rings. The number of piperidine rings is 1. The van der Waals surface area contributed by atoms with Crippen molar-refractivity contribution in [2.45, 2.75) is 26.2 Å². The van der Waals surface area contributed by atoms with Crippen molar-refractivity contribution in [3.05, 3.63) is 22.7 Å². The first kappa shape index (κ1) is 14.3. The van der Waals surface area contributed by atoms with E-state index in [1.807, 2.05) is 6.92 Å². The number of para-hydroxylation sites is 1. The van der Waals surface area contributed by atoms with Crippen molar-refractivity contribution < 1.29 is 9.90 Å². The number of hydrogen-bond acceptors (Lipinski definition) is 3. The van der Waals surface area contributed by atoms with Gasteiger partial charge >= 0.3 is 0 Å². The molecule has 0 bridgehead atoms. The van der Waals surface area contributed by atoms with Gasteiger partial charge in [0.1, 0.15) is 0 Å². The molecule has 0 aliphatic carbocycles. The average molecular weight is 327 g/mol. The number of rotatable bonds is 3. The molecule has 1 aliphatic heterocycles. The van der Waals surface area contributed by atoms with Crippen molar-refractivity contribution in [1.82, 2.24) is 5.32 Å². The quantitative estimate of drug-likeness (QED) is 0.748. The molecule has 2 rings (SSSR count). The summed E-state index contributed by atoms with van der Waals surface area (Å²) < 4.78 is 0.581. The first-order chi connectivity index (χ1) is 9.09. The summed E-state index contributed by atoms with van der Waals surface area (Å²) in [6.45, 7) is 3.70. The lowest BCUT2D eigenvalue weighted by Crippen LogP contribution is -2.47. The molecule has 0 saturated carbocycles. The zero-order valence-corrected chi connectivity index (χ0v) is 12.6. The maximum atomic E-state index is 12.5. The summed E-state index contributed by atoms with van der Waals surface area (Å²) in [5.41, 5.74) is 0.0882. The second-order valence-corrected chi connectivity index (χ2v) is 5.86. The van der Waals surface area contributed by atoms with Gasteiger partial charge in [-0.1, -0.05) is 13.0 Å². The molecule has 0 spiro atoms. The summed E-state index contributed by atoms with van der Waals surface area (Å²) in [7, 11) is 0. The number of anilines is 1. The summed E-state index contributed by atoms with van der Waals surface area (Å²) in [5.74, 6) is 0.0569. The van der Waals surface area contributed by atoms with E-state index in [0.29, 0.717) is 16.7 Å². The third-order valence-corrected chi connectivity index (χ3v) is 4.51. The van der Waals surface area contributed by atoms with Crippen LogP contribution in [0.5, 0.6) is 5.75 Å². The number of phenols is 1. The third-order valence-electron chi connectivity index (χ3n) is 3.87. The minimum Gasteiger partial charge on any atom is -0.505 e. The smallest absolute Gasteiger partial charge is 0.231 e. The Labute approximate surface area is 121 Å². The van der Waals surface area contributed by atoms with Crippen LogP contribution in [0.25, 0.3) is 0 Å². The summed E-state index contributed by atoms with van der Waals surface area (Å²) in [6.07, 6.45) is 2.68. The molecule has 1 aliphatic rings. The fourth-order valence-corrected chi connectivity index (χ4v) is 2.86. The first-order valence-electron chi connectivity index (χ1n) is 6.59. The van der Waals surface area contributed by atoms with Gasteiger partial charge in [-0.3, -0.25) is 4.79 Å². The van der Waals surface area contributed by atoms with Gasteiger partial charge in [0, 0.05) is 6.54 Å². The number of hydrogen-bond donors (Lipinski definition) is 3. The van der Waals surface area contributed by atoms with Gasteiger partial charge in [0.15, 0.2) is 5.75 Å². The predicted molar refractivity (Wildman–Crippen MR) is 79.3 cm³/mol. The van der Waals surface area contributed by atoms with E-state index in [1.54, 1.807) is 18.2 Å². The van der Waals surface area contributed by atoms with E-state index in [0.717, 1.165) is 25.8 Å². The zero-order valence-electron chi connectivity index (χ0n) is 11.0. The van der Waals surface area contributed by atoms with E-state index in [1.165, 1.54) is 0 Å². The molecular formula is C14H19BrN2O2. The SMILES string of the molecule is CCC1(C(=O)Nc2cccc(Br)c2O)CCCNC1. The van der Waals surface area contributed by atoms with Gasteiger partial charge in [0.2, 0.25) is 5.91 Å². The Bertz CT molecular complexity index is 471. The van der Waals surface area contributed by atoms with Crippen LogP contribution in [-0.2, 0) is 4.79 Å². The Hall–Kier alpha value is -1.07. The molecule has 0 aromatic heterocycles. The Balaban J connectivity index is 2.17. The van der Waals surface area contributed by atoms with Gasteiger partial charge in [0.25, 0.3) is 0 Å². The Kier molecular flexibility index (Phi) is 4.47. The first-order valence-corrected chi connectivity index (χ1v) is 7.38. The van der Waals surface area contributed by atoms with Crippen molar-refractivity contribution in [3.63, 3.8) is 0 Å². The van der Waals surface area contributed by atoms with E-state index < -0.39 is 0 Å². The predicted octanol–water partition coefficient (Wildman–Crippen LogP) is 2.87. The number of nitrogens with one attached hydrogen (secondary N) is 2. The second kappa shape index (κ2) is 5.92. The number of amides is 1. The number of carbonyl (C=O) groups excluding carboxylic acids is 1. The minimum atomic E-state index is -0.368. The average Bonchev–Trinajstić information content (AvgIpc) is 2.44. The van der Waals surface area contributed by atoms with E-state index in [4.69, 9.17) is 0 Å². The summed E-state index contributed by atoms with van der Waals surface area (Å²) in [5, 5.41) is 16.1. The maximum Gasteiger partial charge on any atom is 0.231 e. The molecule has 104 valence electrons. The van der Waals surface area contributed by atoms with E-state index in [-0.39, 0.29) is 17.1 Å². The molecular weight excluding hydrogens is 308 g/mol. The molecule has 3 N–H and O–H groups in total. The summed E-state index contributed by atoms with van der Waals surface area (Å²) in [6, 6.07) is 5.23. The lowest BCUT2D eigenvalue weighted by Gasteiger charge is -2.35. The van der Waals surface area contributed by atoms with Crippen LogP contribution < -0.4 is 10.6 Å². The summed E-state index contributed by atoms with van der Waals surface area (Å²) in [4.78, 5) is 12.5. The number of aromatic hydroxyl groups is 1. The molecule has 0 radical (unpaired) electrons. The highest BCUT2D eigenvalue weighted by Crippen LogP contribution is 2.35. The molecule has 1 unspecified atom stereocenters. The van der Waals surface area contributed by atoms with Gasteiger partial charge in [-0.15, -0.1) is 0 Å². The number of benzene rings is 1. The Morgan fingerprint density at radius 1 is 1.58 bits per heavy atom. The fraction of sp³-hybridized carbons (Fsp3) is 0.500. The lowest BCUT2D eigenvalue weighted by molar-refractivity contribution is -0.126. The van der Waals surface area contributed by atoms with Crippen LogP contribution in [0.4, 0.5) is 5.69 Å². The standard InChI is InChI=1S/C14H19BrN2O2/c1-2-14(7-4-8-16-9-14)13(19)17-11-6-3-5-10(15)12(11)18/h3,5-6,16,18H,2,4,7-9H2,1H3,(H,17,19). The van der Waals surface area contributed by atoms with Crippen molar-refractivity contribution in [3.8, 4) is 5.75 Å². The van der Waals surface area contributed by atoms with E-state index >= 15 is 0 Å². The number of phenolic OH excluding ortho intramolecular Hbond substituents is 1. The molecule has 19 heavy (non-hydrogen) atoms. The molecule has 5 heteroatoms. The molecule has 1 aromatic carbocycles. The largest absolute Gasteiger partial charge is 0.505 e. The normalized spacial score (nSPS) is 23.1. The highest BCUT2D eigenvalue weighted by molar-refractivity contribution is 9.10. The Morgan fingerprint density at radius 3 is 3.00 bits per heavy atom. The molecule has 1 saturated heterocycles. The lowest BCUT2D eigenvalue weighted by atomic mass is 9.77. The fourth-order valence-electron chi connectivity index (χ4n) is 2.50. The third kappa shape index (κ3) is 2.92. The topological polar surface area (TPSA) is 61.4 Å². The zero-order chi connectivity index (χ0) is 13.9. The van der Waals surface area contributed by atoms with E-state index in [2.05, 4.69) is 26.6 Å². The van der Waals surface area contributed by atoms with Crippen molar-refractivity contribution in [2.75, 3.05) is 18.4 Å². The van der Waals surface area contributed by atoms with Crippen LogP contribution in [0, 0.1) is 5.41 Å². The molecule has 1 amide bonds. The van der Waals surface area contributed by atoms with Crippen molar-refractivity contribution in [1.29, 1.82) is 0 Å². The van der Waals surface area contributed by atoms with Gasteiger partial charge in [-0.05, 0) is 53.9 Å². The number of halogens is 1. The van der Waals surface area contributed by atoms with Gasteiger partial charge in [0.05, 0.1) is 15.6 Å². The molecule has 1 fully saturated rings. The second-order valence-electron chi connectivity index (χ2n) is 5.00. The highest BCUT2D eigenvalue weighted by Gasteiger charge is 2.38. The molecule has 1 heterocycles. The van der Waals surface area contributed by atoms with Gasteiger partial charge in [-0.25, -0.2) is 0 Å². The van der Waals surface area contributed by atoms with Gasteiger partial charge < -0.3 is 15.7 Å². The van der Waals surface area contributed by atoms with Crippen LogP contribution in [0.1, 0.15) is 26.2 Å². The number of carbonyl (C=O) groups is 1. The molecule has 4 nitrogen and oxygen atoms in total. The van der Waals surface area contributed by atoms with Crippen LogP contribution >= 0.6 is 15.9 Å².